The van der Waals surface area contributed by atoms with Gasteiger partial charge in [0.15, 0.2) is 0 Å². The summed E-state index contributed by atoms with van der Waals surface area (Å²) in [5.41, 5.74) is 0. The number of hydrogen-bond donors (Lipinski definition) is 1. The second kappa shape index (κ2) is 6.14. The van der Waals surface area contributed by atoms with Gasteiger partial charge in [0.2, 0.25) is 0 Å². The molecule has 14 heavy (non-hydrogen) atoms. The average Bonchev–Trinajstić information content (AvgIpc) is 2.26. The fourth-order valence-electron chi connectivity index (χ4n) is 1.83. The maximum atomic E-state index is 11.9. The minimum atomic E-state index is 0.127. The molecule has 0 aliphatic carbocycles. The van der Waals surface area contributed by atoms with E-state index in [4.69, 9.17) is 4.74 Å². The van der Waals surface area contributed by atoms with Crippen LogP contribution < -0.4 is 5.32 Å². The van der Waals surface area contributed by atoms with Gasteiger partial charge in [-0.05, 0) is 19.4 Å². The van der Waals surface area contributed by atoms with Gasteiger partial charge in [0.1, 0.15) is 5.78 Å². The molecule has 0 bridgehead atoms. The monoisotopic (exact) mass is 199 g/mol. The zero-order valence-corrected chi connectivity index (χ0v) is 9.21. The van der Waals surface area contributed by atoms with E-state index in [2.05, 4.69) is 12.2 Å². The molecule has 0 spiro atoms. The lowest BCUT2D eigenvalue weighted by molar-refractivity contribution is -0.130. The standard InChI is InChI=1S/C11H21NO2/c1-3-12-7-9(2)11(13)10-5-4-6-14-8-10/h9-10,12H,3-8H2,1-2H3. The first-order valence-corrected chi connectivity index (χ1v) is 5.58. The van der Waals surface area contributed by atoms with Crippen LogP contribution in [0.15, 0.2) is 0 Å². The second-order valence-electron chi connectivity index (χ2n) is 4.03. The van der Waals surface area contributed by atoms with Crippen LogP contribution in [0.2, 0.25) is 0 Å². The Labute approximate surface area is 86.2 Å². The summed E-state index contributed by atoms with van der Waals surface area (Å²) in [4.78, 5) is 11.9. The van der Waals surface area contributed by atoms with Crippen molar-refractivity contribution in [2.45, 2.75) is 26.7 Å². The van der Waals surface area contributed by atoms with E-state index in [1.54, 1.807) is 0 Å². The van der Waals surface area contributed by atoms with Crippen molar-refractivity contribution in [3.8, 4) is 0 Å². The van der Waals surface area contributed by atoms with Gasteiger partial charge < -0.3 is 10.1 Å². The summed E-state index contributed by atoms with van der Waals surface area (Å²) in [6, 6.07) is 0. The van der Waals surface area contributed by atoms with Crippen molar-refractivity contribution in [3.05, 3.63) is 0 Å². The highest BCUT2D eigenvalue weighted by Gasteiger charge is 2.25. The molecule has 2 atom stereocenters. The van der Waals surface area contributed by atoms with E-state index < -0.39 is 0 Å². The molecule has 0 radical (unpaired) electrons. The predicted molar refractivity (Wildman–Crippen MR) is 56.3 cm³/mol. The molecule has 3 nitrogen and oxygen atoms in total. The van der Waals surface area contributed by atoms with Gasteiger partial charge in [0.05, 0.1) is 6.61 Å². The van der Waals surface area contributed by atoms with Gasteiger partial charge >= 0.3 is 0 Å². The van der Waals surface area contributed by atoms with Crippen molar-refractivity contribution in [1.82, 2.24) is 5.32 Å². The van der Waals surface area contributed by atoms with Crippen molar-refractivity contribution in [2.24, 2.45) is 11.8 Å². The lowest BCUT2D eigenvalue weighted by atomic mass is 9.90. The molecule has 1 N–H and O–H groups in total. The molecule has 1 rings (SSSR count). The summed E-state index contributed by atoms with van der Waals surface area (Å²) in [5.74, 6) is 0.643. The molecule has 3 heteroatoms. The minimum Gasteiger partial charge on any atom is -0.381 e. The number of ether oxygens (including phenoxy) is 1. The van der Waals surface area contributed by atoms with Gasteiger partial charge in [0.25, 0.3) is 0 Å². The third-order valence-corrected chi connectivity index (χ3v) is 2.75. The zero-order chi connectivity index (χ0) is 10.4. The first-order valence-electron chi connectivity index (χ1n) is 5.58. The lowest BCUT2D eigenvalue weighted by Crippen LogP contribution is -2.34. The Bertz CT molecular complexity index is 176. The number of nitrogens with one attached hydrogen (secondary N) is 1. The van der Waals surface area contributed by atoms with Crippen LogP contribution in [0.3, 0.4) is 0 Å². The van der Waals surface area contributed by atoms with Gasteiger partial charge in [-0.3, -0.25) is 4.79 Å². The van der Waals surface area contributed by atoms with Crippen LogP contribution in [0.25, 0.3) is 0 Å². The van der Waals surface area contributed by atoms with Crippen LogP contribution in [-0.4, -0.2) is 32.1 Å². The average molecular weight is 199 g/mol. The van der Waals surface area contributed by atoms with Gasteiger partial charge in [0, 0.05) is 25.0 Å². The Kier molecular flexibility index (Phi) is 5.12. The van der Waals surface area contributed by atoms with Gasteiger partial charge in [-0.25, -0.2) is 0 Å². The number of carbonyl (C=O) groups excluding carboxylic acids is 1. The smallest absolute Gasteiger partial charge is 0.142 e. The quantitative estimate of drug-likeness (QED) is 0.723. The summed E-state index contributed by atoms with van der Waals surface area (Å²) in [5, 5.41) is 3.21. The van der Waals surface area contributed by atoms with E-state index in [9.17, 15) is 4.79 Å². The molecule has 2 unspecified atom stereocenters. The molecule has 1 heterocycles. The van der Waals surface area contributed by atoms with E-state index in [0.29, 0.717) is 12.4 Å². The number of Topliss-reactive ketones (excluding diaryl/α,β-unsaturated/α-hetero) is 1. The molecule has 0 amide bonds. The third kappa shape index (κ3) is 3.39. The zero-order valence-electron chi connectivity index (χ0n) is 9.21. The Morgan fingerprint density at radius 2 is 2.43 bits per heavy atom. The lowest BCUT2D eigenvalue weighted by Gasteiger charge is -2.23. The van der Waals surface area contributed by atoms with Crippen molar-refractivity contribution in [1.29, 1.82) is 0 Å². The summed E-state index contributed by atoms with van der Waals surface area (Å²) >= 11 is 0. The van der Waals surface area contributed by atoms with Crippen LogP contribution in [0, 0.1) is 11.8 Å². The summed E-state index contributed by atoms with van der Waals surface area (Å²) in [7, 11) is 0. The number of ketones is 1. The van der Waals surface area contributed by atoms with Crippen LogP contribution in [-0.2, 0) is 9.53 Å². The largest absolute Gasteiger partial charge is 0.381 e. The molecule has 1 saturated heterocycles. The van der Waals surface area contributed by atoms with E-state index in [1.807, 2.05) is 6.92 Å². The fourth-order valence-corrected chi connectivity index (χ4v) is 1.83. The number of rotatable bonds is 5. The predicted octanol–water partition coefficient (Wildman–Crippen LogP) is 1.23. The molecule has 1 fully saturated rings. The van der Waals surface area contributed by atoms with Crippen molar-refractivity contribution in [2.75, 3.05) is 26.3 Å². The third-order valence-electron chi connectivity index (χ3n) is 2.75. The highest BCUT2D eigenvalue weighted by Crippen LogP contribution is 2.18. The first-order chi connectivity index (χ1) is 6.75. The maximum absolute atomic E-state index is 11.9. The molecule has 1 aliphatic rings. The topological polar surface area (TPSA) is 38.3 Å². The Hall–Kier alpha value is -0.410. The minimum absolute atomic E-state index is 0.127. The summed E-state index contributed by atoms with van der Waals surface area (Å²) < 4.78 is 5.32. The molecule has 0 aromatic rings. The van der Waals surface area contributed by atoms with Crippen molar-refractivity contribution < 1.29 is 9.53 Å². The van der Waals surface area contributed by atoms with Crippen molar-refractivity contribution in [3.63, 3.8) is 0 Å². The highest BCUT2D eigenvalue weighted by molar-refractivity contribution is 5.83. The Morgan fingerprint density at radius 1 is 1.64 bits per heavy atom. The first kappa shape index (κ1) is 11.7. The van der Waals surface area contributed by atoms with E-state index in [0.717, 1.165) is 32.5 Å². The van der Waals surface area contributed by atoms with E-state index in [1.165, 1.54) is 0 Å². The van der Waals surface area contributed by atoms with Crippen LogP contribution in [0.1, 0.15) is 26.7 Å². The SMILES string of the molecule is CCNCC(C)C(=O)C1CCCOC1. The molecule has 82 valence electrons. The normalized spacial score (nSPS) is 24.6. The fraction of sp³-hybridized carbons (Fsp3) is 0.909. The van der Waals surface area contributed by atoms with Gasteiger partial charge in [-0.2, -0.15) is 0 Å². The summed E-state index contributed by atoms with van der Waals surface area (Å²) in [6.45, 7) is 7.24. The molecular weight excluding hydrogens is 178 g/mol. The highest BCUT2D eigenvalue weighted by atomic mass is 16.5. The number of carbonyl (C=O) groups is 1. The Balaban J connectivity index is 2.30. The maximum Gasteiger partial charge on any atom is 0.142 e. The summed E-state index contributed by atoms with van der Waals surface area (Å²) in [6.07, 6.45) is 2.04. The van der Waals surface area contributed by atoms with E-state index in [-0.39, 0.29) is 11.8 Å². The van der Waals surface area contributed by atoms with Crippen LogP contribution >= 0.6 is 0 Å². The van der Waals surface area contributed by atoms with Gasteiger partial charge in [-0.1, -0.05) is 13.8 Å². The second-order valence-corrected chi connectivity index (χ2v) is 4.03. The molecule has 0 aromatic heterocycles. The van der Waals surface area contributed by atoms with Crippen molar-refractivity contribution >= 4 is 5.78 Å². The van der Waals surface area contributed by atoms with Crippen LogP contribution in [0.5, 0.6) is 0 Å². The Morgan fingerprint density at radius 3 is 3.00 bits per heavy atom. The molecule has 0 aromatic carbocycles. The molecule has 0 saturated carbocycles. The van der Waals surface area contributed by atoms with E-state index >= 15 is 0 Å². The van der Waals surface area contributed by atoms with Crippen LogP contribution in [0.4, 0.5) is 0 Å². The molecular formula is C11H21NO2. The number of hydrogen-bond acceptors (Lipinski definition) is 3. The van der Waals surface area contributed by atoms with Gasteiger partial charge in [-0.15, -0.1) is 0 Å². The molecule has 1 aliphatic heterocycles.